The van der Waals surface area contributed by atoms with Crippen molar-refractivity contribution >= 4 is 45.6 Å². The van der Waals surface area contributed by atoms with Crippen molar-refractivity contribution in [3.8, 4) is 11.8 Å². The number of aromatic nitrogens is 2. The normalized spacial score (nSPS) is 20.4. The van der Waals surface area contributed by atoms with E-state index in [-0.39, 0.29) is 16.3 Å². The van der Waals surface area contributed by atoms with Crippen LogP contribution in [0, 0.1) is 29.0 Å². The van der Waals surface area contributed by atoms with Gasteiger partial charge in [0.15, 0.2) is 0 Å². The van der Waals surface area contributed by atoms with Gasteiger partial charge in [-0.1, -0.05) is 29.5 Å². The number of carbonyl (C=O) groups excluding carboxylic acids is 1. The van der Waals surface area contributed by atoms with Gasteiger partial charge in [0.2, 0.25) is 5.91 Å². The van der Waals surface area contributed by atoms with E-state index in [0.29, 0.717) is 52.7 Å². The quantitative estimate of drug-likeness (QED) is 0.352. The van der Waals surface area contributed by atoms with Crippen molar-refractivity contribution in [1.82, 2.24) is 14.9 Å². The molecule has 190 valence electrons. The number of hydrogen-bond acceptors (Lipinski definition) is 6. The molecule has 0 radical (unpaired) electrons. The average molecular weight is 520 g/mol. The topological polar surface area (TPSA) is 79.4 Å². The zero-order chi connectivity index (χ0) is 26.0. The van der Waals surface area contributed by atoms with Crippen LogP contribution in [0.15, 0.2) is 48.8 Å². The highest BCUT2D eigenvalue weighted by Crippen LogP contribution is 2.50. The molecule has 2 fully saturated rings. The fraction of sp³-hybridized carbons (Fsp3) is 0.321. The number of anilines is 3. The first kappa shape index (κ1) is 25.2. The molecular weight excluding hydrogens is 493 g/mol. The van der Waals surface area contributed by atoms with Crippen LogP contribution >= 0.6 is 11.6 Å². The number of rotatable bonds is 6. The molecule has 3 aromatic rings. The second-order valence-electron chi connectivity index (χ2n) is 9.70. The van der Waals surface area contributed by atoms with Crippen molar-refractivity contribution in [3.63, 3.8) is 0 Å². The lowest BCUT2D eigenvalue weighted by atomic mass is 9.62. The summed E-state index contributed by atoms with van der Waals surface area (Å²) in [6.07, 6.45) is 6.89. The molecule has 5 rings (SSSR count). The third-order valence-electron chi connectivity index (χ3n) is 6.80. The van der Waals surface area contributed by atoms with Gasteiger partial charge in [-0.3, -0.25) is 4.79 Å². The van der Waals surface area contributed by atoms with Crippen LogP contribution in [0.5, 0.6) is 0 Å². The fourth-order valence-corrected chi connectivity index (χ4v) is 4.75. The van der Waals surface area contributed by atoms with Crippen LogP contribution in [0.1, 0.15) is 18.4 Å². The van der Waals surface area contributed by atoms with E-state index < -0.39 is 5.82 Å². The Morgan fingerprint density at radius 3 is 2.92 bits per heavy atom. The minimum Gasteiger partial charge on any atom is -0.380 e. The Bertz CT molecular complexity index is 1450. The predicted octanol–water partition coefficient (Wildman–Crippen LogP) is 5.00. The highest BCUT2D eigenvalue weighted by molar-refractivity contribution is 6.31. The Balaban J connectivity index is 1.52. The van der Waals surface area contributed by atoms with E-state index in [9.17, 15) is 9.18 Å². The van der Waals surface area contributed by atoms with Gasteiger partial charge < -0.3 is 20.3 Å². The molecule has 2 atom stereocenters. The van der Waals surface area contributed by atoms with Gasteiger partial charge in [-0.2, -0.15) is 0 Å². The molecule has 1 aliphatic heterocycles. The number of carbonyl (C=O) groups is 1. The summed E-state index contributed by atoms with van der Waals surface area (Å²) in [5.74, 6) is 6.96. The van der Waals surface area contributed by atoms with Gasteiger partial charge in [0.25, 0.3) is 0 Å². The molecule has 2 aliphatic rings. The van der Waals surface area contributed by atoms with Crippen molar-refractivity contribution in [2.24, 2.45) is 11.3 Å². The number of ether oxygens (including phenoxy) is 1. The van der Waals surface area contributed by atoms with E-state index in [1.54, 1.807) is 12.1 Å². The molecule has 1 aromatic heterocycles. The average Bonchev–Trinajstić information content (AvgIpc) is 3.13. The van der Waals surface area contributed by atoms with E-state index in [4.69, 9.17) is 16.3 Å². The predicted molar refractivity (Wildman–Crippen MR) is 143 cm³/mol. The molecule has 7 nitrogen and oxygen atoms in total. The van der Waals surface area contributed by atoms with Gasteiger partial charge in [-0.25, -0.2) is 14.4 Å². The van der Waals surface area contributed by atoms with Gasteiger partial charge >= 0.3 is 0 Å². The standard InChI is InChI=1S/C28H27ClFN5O2/c1-35(2)11-3-4-26(36)34-24-14-21-25(12-18(24)7-9-28-10-8-19(28)15-37-16-28)31-17-32-27(21)33-20-5-6-23(30)22(29)13-20/h3-6,12-14,17,19H,8,10-11,15-16H2,1-2H3,(H,34,36)(H,31,32,33)/b4-3+/t19-,28+/m0/s1. The van der Waals surface area contributed by atoms with E-state index in [1.807, 2.05) is 31.1 Å². The maximum absolute atomic E-state index is 13.6. The summed E-state index contributed by atoms with van der Waals surface area (Å²) in [5, 5.41) is 6.82. The van der Waals surface area contributed by atoms with E-state index >= 15 is 0 Å². The van der Waals surface area contributed by atoms with Crippen LogP contribution in [-0.2, 0) is 9.53 Å². The van der Waals surface area contributed by atoms with Crippen molar-refractivity contribution in [3.05, 3.63) is 65.2 Å². The lowest BCUT2D eigenvalue weighted by Crippen LogP contribution is -2.37. The molecule has 0 unspecified atom stereocenters. The Morgan fingerprint density at radius 1 is 1.32 bits per heavy atom. The van der Waals surface area contributed by atoms with Crippen LogP contribution < -0.4 is 10.6 Å². The largest absolute Gasteiger partial charge is 0.380 e. The number of hydrogen-bond donors (Lipinski definition) is 2. The van der Waals surface area contributed by atoms with Crippen LogP contribution in [0.25, 0.3) is 10.9 Å². The fourth-order valence-electron chi connectivity index (χ4n) is 4.57. The highest BCUT2D eigenvalue weighted by Gasteiger charge is 2.50. The summed E-state index contributed by atoms with van der Waals surface area (Å²) in [4.78, 5) is 23.5. The number of fused-ring (bicyclic) bond motifs is 2. The monoisotopic (exact) mass is 519 g/mol. The highest BCUT2D eigenvalue weighted by atomic mass is 35.5. The Labute approximate surface area is 220 Å². The smallest absolute Gasteiger partial charge is 0.248 e. The van der Waals surface area contributed by atoms with E-state index in [0.717, 1.165) is 19.4 Å². The zero-order valence-corrected chi connectivity index (χ0v) is 21.4. The molecule has 0 spiro atoms. The summed E-state index contributed by atoms with van der Waals surface area (Å²) in [5.41, 5.74) is 2.34. The number of amides is 1. The third kappa shape index (κ3) is 5.44. The SMILES string of the molecule is CN(C)C/C=C/C(=O)Nc1cc2c(Nc3ccc(F)c(Cl)c3)ncnc2cc1C#C[C@]12CC[C@H]1COC2. The van der Waals surface area contributed by atoms with Crippen molar-refractivity contribution in [2.45, 2.75) is 12.8 Å². The Morgan fingerprint density at radius 2 is 2.19 bits per heavy atom. The lowest BCUT2D eigenvalue weighted by molar-refractivity contribution is -0.111. The van der Waals surface area contributed by atoms with Gasteiger partial charge in [-0.15, -0.1) is 0 Å². The first-order chi connectivity index (χ1) is 17.8. The number of benzene rings is 2. The zero-order valence-electron chi connectivity index (χ0n) is 20.6. The van der Waals surface area contributed by atoms with Crippen molar-refractivity contribution in [2.75, 3.05) is 44.5 Å². The first-order valence-corrected chi connectivity index (χ1v) is 12.4. The van der Waals surface area contributed by atoms with E-state index in [1.165, 1.54) is 24.5 Å². The third-order valence-corrected chi connectivity index (χ3v) is 7.09. The Hall–Kier alpha value is -3.51. The van der Waals surface area contributed by atoms with Crippen molar-refractivity contribution in [1.29, 1.82) is 0 Å². The first-order valence-electron chi connectivity index (χ1n) is 12.1. The minimum absolute atomic E-state index is 0.00273. The van der Waals surface area contributed by atoms with Crippen LogP contribution in [0.3, 0.4) is 0 Å². The maximum atomic E-state index is 13.6. The molecule has 2 aromatic carbocycles. The number of nitrogens with one attached hydrogen (secondary N) is 2. The van der Waals surface area contributed by atoms with Gasteiger partial charge in [0.1, 0.15) is 18.0 Å². The molecule has 0 bridgehead atoms. The summed E-state index contributed by atoms with van der Waals surface area (Å²) >= 11 is 5.95. The second-order valence-corrected chi connectivity index (χ2v) is 10.1. The summed E-state index contributed by atoms with van der Waals surface area (Å²) in [7, 11) is 3.87. The molecule has 2 heterocycles. The van der Waals surface area contributed by atoms with Crippen LogP contribution in [-0.4, -0.2) is 54.6 Å². The van der Waals surface area contributed by atoms with Crippen molar-refractivity contribution < 1.29 is 13.9 Å². The van der Waals surface area contributed by atoms with Crippen LogP contribution in [0.2, 0.25) is 5.02 Å². The number of halogens is 2. The minimum atomic E-state index is -0.504. The number of likely N-dealkylation sites (N-methyl/N-ethyl adjacent to an activating group) is 1. The molecule has 9 heteroatoms. The molecule has 2 N–H and O–H groups in total. The van der Waals surface area contributed by atoms with Gasteiger partial charge in [0.05, 0.1) is 40.4 Å². The molecule has 1 saturated heterocycles. The molecular formula is C28H27ClFN5O2. The maximum Gasteiger partial charge on any atom is 0.248 e. The molecule has 1 amide bonds. The molecule has 1 saturated carbocycles. The lowest BCUT2D eigenvalue weighted by Gasteiger charge is -2.38. The summed E-state index contributed by atoms with van der Waals surface area (Å²) in [6, 6.07) is 8.01. The molecule has 37 heavy (non-hydrogen) atoms. The molecule has 1 aliphatic carbocycles. The second kappa shape index (κ2) is 10.5. The van der Waals surface area contributed by atoms with Gasteiger partial charge in [-0.05, 0) is 57.3 Å². The van der Waals surface area contributed by atoms with Gasteiger partial charge in [0, 0.05) is 29.6 Å². The summed E-state index contributed by atoms with van der Waals surface area (Å²) in [6.45, 7) is 2.04. The summed E-state index contributed by atoms with van der Waals surface area (Å²) < 4.78 is 19.3. The Kier molecular flexibility index (Phi) is 7.11. The number of nitrogens with zero attached hydrogens (tertiary/aromatic N) is 3. The van der Waals surface area contributed by atoms with E-state index in [2.05, 4.69) is 32.4 Å². The van der Waals surface area contributed by atoms with Crippen LogP contribution in [0.4, 0.5) is 21.6 Å².